The molecule has 0 fully saturated rings. The molecule has 192 valence electrons. The van der Waals surface area contributed by atoms with E-state index in [0.717, 1.165) is 11.1 Å². The summed E-state index contributed by atoms with van der Waals surface area (Å²) in [5, 5.41) is 1.01. The zero-order chi connectivity index (χ0) is 26.9. The second-order valence-corrected chi connectivity index (χ2v) is 23.5. The third-order valence-corrected chi connectivity index (χ3v) is 17.7. The Kier molecular flexibility index (Phi) is 6.99. The van der Waals surface area contributed by atoms with Crippen molar-refractivity contribution in [2.24, 2.45) is 0 Å². The Morgan fingerprint density at radius 2 is 1.00 bits per heavy atom. The van der Waals surface area contributed by atoms with Crippen LogP contribution in [-0.2, 0) is 5.41 Å². The maximum atomic E-state index is 13.6. The topological polar surface area (TPSA) is 35.5 Å². The molecule has 1 aliphatic carbocycles. The Morgan fingerprint density at radius 1 is 0.686 bits per heavy atom. The largest absolute Gasteiger partial charge is 0.542 e. The molecule has 0 N–H and O–H groups in total. The van der Waals surface area contributed by atoms with E-state index in [2.05, 4.69) is 81.6 Å². The van der Waals surface area contributed by atoms with Crippen molar-refractivity contribution in [1.82, 2.24) is 0 Å². The molecule has 0 aromatic heterocycles. The first kappa shape index (κ1) is 28.3. The smallest absolute Gasteiger partial charge is 0.250 e. The molecule has 0 heterocycles. The molecular formula is C28H40Cl2O3Si2. The van der Waals surface area contributed by atoms with Gasteiger partial charge in [0.25, 0.3) is 16.6 Å². The van der Waals surface area contributed by atoms with Gasteiger partial charge in [0.1, 0.15) is 11.5 Å². The number of hydrogen-bond donors (Lipinski definition) is 0. The first-order valence-corrected chi connectivity index (χ1v) is 18.8. The molecule has 0 atom stereocenters. The van der Waals surface area contributed by atoms with Crippen LogP contribution in [0.3, 0.4) is 0 Å². The average molecular weight is 552 g/mol. The number of carbonyl (C=O) groups is 1. The monoisotopic (exact) mass is 550 g/mol. The first-order valence-electron chi connectivity index (χ1n) is 12.2. The molecule has 1 aliphatic rings. The van der Waals surface area contributed by atoms with Crippen molar-refractivity contribution >= 4 is 45.6 Å². The second kappa shape index (κ2) is 8.64. The Bertz CT molecular complexity index is 1100. The molecule has 0 saturated heterocycles. The summed E-state index contributed by atoms with van der Waals surface area (Å²) < 4.78 is 13.2. The molecule has 0 spiro atoms. The van der Waals surface area contributed by atoms with E-state index in [9.17, 15) is 4.79 Å². The van der Waals surface area contributed by atoms with Crippen LogP contribution in [0, 0.1) is 0 Å². The average Bonchev–Trinajstić information content (AvgIpc) is 2.67. The number of benzene rings is 2. The van der Waals surface area contributed by atoms with Crippen LogP contribution in [0.2, 0.25) is 46.3 Å². The second-order valence-electron chi connectivity index (χ2n) is 13.3. The molecule has 7 heteroatoms. The van der Waals surface area contributed by atoms with Gasteiger partial charge in [0, 0.05) is 16.5 Å². The van der Waals surface area contributed by atoms with Gasteiger partial charge in [-0.3, -0.25) is 4.79 Å². The molecule has 0 radical (unpaired) electrons. The van der Waals surface area contributed by atoms with Crippen molar-refractivity contribution in [3.05, 3.63) is 56.6 Å². The van der Waals surface area contributed by atoms with E-state index in [1.54, 1.807) is 0 Å². The van der Waals surface area contributed by atoms with Crippen molar-refractivity contribution < 1.29 is 13.6 Å². The fourth-order valence-electron chi connectivity index (χ4n) is 4.00. The Labute approximate surface area is 223 Å². The van der Waals surface area contributed by atoms with Gasteiger partial charge < -0.3 is 8.85 Å². The summed E-state index contributed by atoms with van der Waals surface area (Å²) in [6.07, 6.45) is 0. The lowest BCUT2D eigenvalue weighted by Gasteiger charge is -2.40. The number of carbonyl (C=O) groups excluding carboxylic acids is 1. The molecular weight excluding hydrogens is 511 g/mol. The highest BCUT2D eigenvalue weighted by molar-refractivity contribution is 6.75. The van der Waals surface area contributed by atoms with Crippen LogP contribution in [0.5, 0.6) is 11.5 Å². The lowest BCUT2D eigenvalue weighted by atomic mass is 9.68. The molecule has 2 aromatic rings. The van der Waals surface area contributed by atoms with Crippen molar-refractivity contribution in [3.63, 3.8) is 0 Å². The summed E-state index contributed by atoms with van der Waals surface area (Å²) in [5.74, 6) is 1.19. The fraction of sp³-hybridized carbons (Fsp3) is 0.536. The van der Waals surface area contributed by atoms with Gasteiger partial charge in [-0.25, -0.2) is 0 Å². The molecule has 35 heavy (non-hydrogen) atoms. The van der Waals surface area contributed by atoms with Crippen LogP contribution in [-0.4, -0.2) is 22.4 Å². The SMILES string of the molecule is CC1(C)c2c(ccc(O[Si](C)(C)C(C)(C)C)c2Cl)C(=O)c2ccc(O[Si](C)(C)C(C)(C)C)c(Cl)c21. The quantitative estimate of drug-likeness (QED) is 0.355. The minimum absolute atomic E-state index is 0.0173. The van der Waals surface area contributed by atoms with Gasteiger partial charge in [-0.1, -0.05) is 78.6 Å². The highest BCUT2D eigenvalue weighted by atomic mass is 35.5. The van der Waals surface area contributed by atoms with Crippen molar-refractivity contribution in [1.29, 1.82) is 0 Å². The molecule has 3 nitrogen and oxygen atoms in total. The van der Waals surface area contributed by atoms with Crippen LogP contribution in [0.1, 0.15) is 82.4 Å². The van der Waals surface area contributed by atoms with Crippen LogP contribution >= 0.6 is 23.2 Å². The van der Waals surface area contributed by atoms with E-state index in [4.69, 9.17) is 32.1 Å². The molecule has 0 bridgehead atoms. The number of rotatable bonds is 4. The number of hydrogen-bond acceptors (Lipinski definition) is 3. The molecule has 3 rings (SSSR count). The third-order valence-electron chi connectivity index (χ3n) is 8.29. The van der Waals surface area contributed by atoms with Crippen LogP contribution in [0.4, 0.5) is 0 Å². The molecule has 0 saturated carbocycles. The predicted octanol–water partition coefficient (Wildman–Crippen LogP) is 9.63. The summed E-state index contributed by atoms with van der Waals surface area (Å²) >= 11 is 14.1. The predicted molar refractivity (Wildman–Crippen MR) is 154 cm³/mol. The highest BCUT2D eigenvalue weighted by Crippen LogP contribution is 2.52. The van der Waals surface area contributed by atoms with E-state index in [1.165, 1.54) is 0 Å². The van der Waals surface area contributed by atoms with E-state index in [-0.39, 0.29) is 15.9 Å². The van der Waals surface area contributed by atoms with E-state index < -0.39 is 22.0 Å². The summed E-state index contributed by atoms with van der Waals surface area (Å²) in [5.41, 5.74) is 2.11. The standard InChI is InChI=1S/C28H40Cl2O3Si2/c1-26(2,3)34(9,10)32-19-15-13-17-21(23(19)29)28(7,8)22-18(25(17)31)14-16-20(24(22)30)33-35(11,12)27(4,5)6/h13-16H,1-12H3. The maximum Gasteiger partial charge on any atom is 0.250 e. The normalized spacial score (nSPS) is 16.0. The van der Waals surface area contributed by atoms with E-state index in [0.29, 0.717) is 32.7 Å². The number of halogens is 2. The van der Waals surface area contributed by atoms with Gasteiger partial charge in [-0.05, 0) is 71.7 Å². The van der Waals surface area contributed by atoms with Crippen LogP contribution in [0.15, 0.2) is 24.3 Å². The van der Waals surface area contributed by atoms with Crippen LogP contribution < -0.4 is 8.85 Å². The summed E-state index contributed by atoms with van der Waals surface area (Å²) in [7, 11) is -4.27. The minimum Gasteiger partial charge on any atom is -0.542 e. The van der Waals surface area contributed by atoms with Gasteiger partial charge in [0.05, 0.1) is 10.0 Å². The number of ketones is 1. The minimum atomic E-state index is -2.13. The first-order chi connectivity index (χ1) is 15.6. The van der Waals surface area contributed by atoms with Gasteiger partial charge in [-0.2, -0.15) is 0 Å². The van der Waals surface area contributed by atoms with Crippen LogP contribution in [0.25, 0.3) is 0 Å². The van der Waals surface area contributed by atoms with E-state index in [1.807, 2.05) is 24.3 Å². The Balaban J connectivity index is 2.19. The zero-order valence-electron chi connectivity index (χ0n) is 23.3. The maximum absolute atomic E-state index is 13.6. The summed E-state index contributed by atoms with van der Waals surface area (Å²) in [6, 6.07) is 7.39. The zero-order valence-corrected chi connectivity index (χ0v) is 26.8. The number of fused-ring (bicyclic) bond motifs is 2. The van der Waals surface area contributed by atoms with E-state index >= 15 is 0 Å². The van der Waals surface area contributed by atoms with Crippen molar-refractivity contribution in [2.45, 2.75) is 97.1 Å². The lowest BCUT2D eigenvalue weighted by molar-refractivity contribution is 0.103. The lowest BCUT2D eigenvalue weighted by Crippen LogP contribution is -2.44. The van der Waals surface area contributed by atoms with Gasteiger partial charge >= 0.3 is 0 Å². The Hall–Kier alpha value is -1.28. The summed E-state index contributed by atoms with van der Waals surface area (Å²) in [4.78, 5) is 13.6. The molecule has 0 amide bonds. The third kappa shape index (κ3) is 4.74. The molecule has 0 aliphatic heterocycles. The van der Waals surface area contributed by atoms with Gasteiger partial charge in [-0.15, -0.1) is 0 Å². The molecule has 0 unspecified atom stereocenters. The van der Waals surface area contributed by atoms with Crippen molar-refractivity contribution in [3.8, 4) is 11.5 Å². The fourth-order valence-corrected chi connectivity index (χ4v) is 7.06. The van der Waals surface area contributed by atoms with Gasteiger partial charge in [0.2, 0.25) is 0 Å². The highest BCUT2D eigenvalue weighted by Gasteiger charge is 2.45. The van der Waals surface area contributed by atoms with Crippen molar-refractivity contribution in [2.75, 3.05) is 0 Å². The molecule has 2 aromatic carbocycles. The Morgan fingerprint density at radius 3 is 1.29 bits per heavy atom. The summed E-state index contributed by atoms with van der Waals surface area (Å²) in [6.45, 7) is 26.1. The van der Waals surface area contributed by atoms with Gasteiger partial charge in [0.15, 0.2) is 5.78 Å².